The van der Waals surface area contributed by atoms with E-state index in [1.165, 1.54) is 16.9 Å². The van der Waals surface area contributed by atoms with Crippen LogP contribution in [-0.2, 0) is 6.54 Å². The first-order chi connectivity index (χ1) is 13.2. The second-order valence-corrected chi connectivity index (χ2v) is 8.47. The van der Waals surface area contributed by atoms with Gasteiger partial charge in [0.1, 0.15) is 10.7 Å². The number of amides is 1. The second-order valence-electron chi connectivity index (χ2n) is 6.83. The Morgan fingerprint density at radius 3 is 2.70 bits per heavy atom. The molecule has 0 bridgehead atoms. The topological polar surface area (TPSA) is 49.3 Å². The molecule has 3 aromatic heterocycles. The minimum absolute atomic E-state index is 0.0281. The Morgan fingerprint density at radius 2 is 2.00 bits per heavy atom. The predicted molar refractivity (Wildman–Crippen MR) is 110 cm³/mol. The average Bonchev–Trinajstić information content (AvgIpc) is 3.40. The summed E-state index contributed by atoms with van der Waals surface area (Å²) in [7, 11) is 1.91. The standard InChI is InChI=1S/C20H22N4OS2/c1-23(20(25)18-14-27-19(22-18)16-6-11-26-13-16)17-4-9-24(10-5-17)12-15-2-7-21-8-3-15/h2-3,6-8,11,13-14,17H,4-5,9-10,12H2,1H3. The molecule has 0 radical (unpaired) electrons. The first-order valence-corrected chi connectivity index (χ1v) is 10.9. The highest BCUT2D eigenvalue weighted by molar-refractivity contribution is 7.14. The average molecular weight is 399 g/mol. The summed E-state index contributed by atoms with van der Waals surface area (Å²) in [6.45, 7) is 2.95. The molecule has 1 amide bonds. The van der Waals surface area contributed by atoms with Gasteiger partial charge in [-0.2, -0.15) is 11.3 Å². The number of carbonyl (C=O) groups is 1. The highest BCUT2D eigenvalue weighted by atomic mass is 32.1. The van der Waals surface area contributed by atoms with Gasteiger partial charge in [0.2, 0.25) is 0 Å². The van der Waals surface area contributed by atoms with Crippen molar-refractivity contribution in [2.24, 2.45) is 0 Å². The molecule has 1 fully saturated rings. The van der Waals surface area contributed by atoms with E-state index in [9.17, 15) is 4.79 Å². The zero-order chi connectivity index (χ0) is 18.6. The fourth-order valence-electron chi connectivity index (χ4n) is 3.45. The molecule has 140 valence electrons. The number of thiazole rings is 1. The monoisotopic (exact) mass is 398 g/mol. The maximum Gasteiger partial charge on any atom is 0.273 e. The largest absolute Gasteiger partial charge is 0.337 e. The van der Waals surface area contributed by atoms with Crippen LogP contribution in [0.3, 0.4) is 0 Å². The van der Waals surface area contributed by atoms with Gasteiger partial charge in [-0.25, -0.2) is 4.98 Å². The van der Waals surface area contributed by atoms with Crippen LogP contribution in [0.4, 0.5) is 0 Å². The summed E-state index contributed by atoms with van der Waals surface area (Å²) < 4.78 is 0. The van der Waals surface area contributed by atoms with Crippen LogP contribution in [0.5, 0.6) is 0 Å². The van der Waals surface area contributed by atoms with Crippen molar-refractivity contribution in [3.63, 3.8) is 0 Å². The summed E-state index contributed by atoms with van der Waals surface area (Å²) in [6.07, 6.45) is 5.67. The molecule has 1 aliphatic heterocycles. The summed E-state index contributed by atoms with van der Waals surface area (Å²) in [5.74, 6) is 0.0281. The van der Waals surface area contributed by atoms with Crippen LogP contribution < -0.4 is 0 Å². The van der Waals surface area contributed by atoms with E-state index in [0.717, 1.165) is 43.0 Å². The van der Waals surface area contributed by atoms with E-state index in [4.69, 9.17) is 0 Å². The van der Waals surface area contributed by atoms with E-state index < -0.39 is 0 Å². The van der Waals surface area contributed by atoms with Gasteiger partial charge in [-0.15, -0.1) is 11.3 Å². The number of pyridine rings is 1. The molecule has 1 saturated heterocycles. The van der Waals surface area contributed by atoms with Crippen molar-refractivity contribution in [2.75, 3.05) is 20.1 Å². The van der Waals surface area contributed by atoms with E-state index in [1.54, 1.807) is 11.3 Å². The van der Waals surface area contributed by atoms with Gasteiger partial charge in [0, 0.05) is 61.4 Å². The van der Waals surface area contributed by atoms with Gasteiger partial charge in [0.25, 0.3) is 5.91 Å². The number of nitrogens with zero attached hydrogens (tertiary/aromatic N) is 4. The number of aromatic nitrogens is 2. The minimum Gasteiger partial charge on any atom is -0.337 e. The smallest absolute Gasteiger partial charge is 0.273 e. The molecule has 0 N–H and O–H groups in total. The predicted octanol–water partition coefficient (Wildman–Crippen LogP) is 4.00. The van der Waals surface area contributed by atoms with Crippen LogP contribution in [-0.4, -0.2) is 51.9 Å². The van der Waals surface area contributed by atoms with Gasteiger partial charge >= 0.3 is 0 Å². The molecule has 5 nitrogen and oxygen atoms in total. The molecule has 7 heteroatoms. The SMILES string of the molecule is CN(C(=O)c1csc(-c2ccsc2)n1)C1CCN(Cc2ccncc2)CC1. The molecule has 4 heterocycles. The molecule has 0 atom stereocenters. The summed E-state index contributed by atoms with van der Waals surface area (Å²) in [5, 5.41) is 6.89. The Kier molecular flexibility index (Phi) is 5.61. The maximum absolute atomic E-state index is 12.9. The van der Waals surface area contributed by atoms with Crippen LogP contribution in [0.2, 0.25) is 0 Å². The zero-order valence-corrected chi connectivity index (χ0v) is 16.9. The van der Waals surface area contributed by atoms with Gasteiger partial charge in [-0.05, 0) is 42.0 Å². The van der Waals surface area contributed by atoms with Gasteiger partial charge < -0.3 is 4.90 Å². The Bertz CT molecular complexity index is 871. The first-order valence-electron chi connectivity index (χ1n) is 9.07. The van der Waals surface area contributed by atoms with Crippen LogP contribution >= 0.6 is 22.7 Å². The Balaban J connectivity index is 1.33. The highest BCUT2D eigenvalue weighted by Crippen LogP contribution is 2.27. The number of hydrogen-bond donors (Lipinski definition) is 0. The summed E-state index contributed by atoms with van der Waals surface area (Å²) in [4.78, 5) is 25.8. The van der Waals surface area contributed by atoms with Crippen LogP contribution in [0, 0.1) is 0 Å². The van der Waals surface area contributed by atoms with E-state index >= 15 is 0 Å². The van der Waals surface area contributed by atoms with E-state index in [-0.39, 0.29) is 11.9 Å². The van der Waals surface area contributed by atoms with Crippen molar-refractivity contribution in [3.8, 4) is 10.6 Å². The van der Waals surface area contributed by atoms with Crippen LogP contribution in [0.1, 0.15) is 28.9 Å². The molecule has 0 saturated carbocycles. The number of hydrogen-bond acceptors (Lipinski definition) is 6. The number of thiophene rings is 1. The molecule has 3 aromatic rings. The molecule has 4 rings (SSSR count). The molecular formula is C20H22N4OS2. The van der Waals surface area contributed by atoms with Crippen molar-refractivity contribution in [1.29, 1.82) is 0 Å². The first kappa shape index (κ1) is 18.3. The summed E-state index contributed by atoms with van der Waals surface area (Å²) >= 11 is 3.18. The van der Waals surface area contributed by atoms with E-state index in [1.807, 2.05) is 41.2 Å². The number of rotatable bonds is 5. The third kappa shape index (κ3) is 4.26. The van der Waals surface area contributed by atoms with Crippen molar-refractivity contribution < 1.29 is 4.79 Å². The molecular weight excluding hydrogens is 376 g/mol. The number of piperidine rings is 1. The Morgan fingerprint density at radius 1 is 1.22 bits per heavy atom. The summed E-state index contributed by atoms with van der Waals surface area (Å²) in [6, 6.07) is 6.45. The molecule has 0 spiro atoms. The normalized spacial score (nSPS) is 15.7. The third-order valence-electron chi connectivity index (χ3n) is 5.07. The zero-order valence-electron chi connectivity index (χ0n) is 15.2. The Labute approximate surface area is 167 Å². The lowest BCUT2D eigenvalue weighted by atomic mass is 10.0. The Hall–Kier alpha value is -2.09. The van der Waals surface area contributed by atoms with Gasteiger partial charge in [-0.3, -0.25) is 14.7 Å². The minimum atomic E-state index is 0.0281. The van der Waals surface area contributed by atoms with E-state index in [2.05, 4.69) is 32.4 Å². The fourth-order valence-corrected chi connectivity index (χ4v) is 4.95. The van der Waals surface area contributed by atoms with Gasteiger partial charge in [-0.1, -0.05) is 0 Å². The molecule has 0 aromatic carbocycles. The molecule has 0 aliphatic carbocycles. The van der Waals surface area contributed by atoms with Crippen molar-refractivity contribution in [3.05, 3.63) is 58.0 Å². The third-order valence-corrected chi connectivity index (χ3v) is 6.65. The molecule has 1 aliphatic rings. The maximum atomic E-state index is 12.9. The number of carbonyl (C=O) groups excluding carboxylic acids is 1. The van der Waals surface area contributed by atoms with Crippen molar-refractivity contribution >= 4 is 28.6 Å². The number of likely N-dealkylation sites (tertiary alicyclic amines) is 1. The second kappa shape index (κ2) is 8.29. The van der Waals surface area contributed by atoms with Crippen molar-refractivity contribution in [2.45, 2.75) is 25.4 Å². The van der Waals surface area contributed by atoms with E-state index in [0.29, 0.717) is 5.69 Å². The summed E-state index contributed by atoms with van der Waals surface area (Å²) in [5.41, 5.74) is 2.94. The highest BCUT2D eigenvalue weighted by Gasteiger charge is 2.27. The van der Waals surface area contributed by atoms with Crippen molar-refractivity contribution in [1.82, 2.24) is 19.8 Å². The van der Waals surface area contributed by atoms with Gasteiger partial charge in [0.15, 0.2) is 0 Å². The fraction of sp³-hybridized carbons (Fsp3) is 0.350. The van der Waals surface area contributed by atoms with Gasteiger partial charge in [0.05, 0.1) is 0 Å². The lowest BCUT2D eigenvalue weighted by Crippen LogP contribution is -2.45. The van der Waals surface area contributed by atoms with Crippen LogP contribution in [0.15, 0.2) is 46.7 Å². The molecule has 0 unspecified atom stereocenters. The lowest BCUT2D eigenvalue weighted by Gasteiger charge is -2.36. The van der Waals surface area contributed by atoms with Crippen LogP contribution in [0.25, 0.3) is 10.6 Å². The molecule has 27 heavy (non-hydrogen) atoms. The lowest BCUT2D eigenvalue weighted by molar-refractivity contribution is 0.0631. The quantitative estimate of drug-likeness (QED) is 0.652.